The molecule has 0 bridgehead atoms. The third kappa shape index (κ3) is 3.64. The summed E-state index contributed by atoms with van der Waals surface area (Å²) in [5, 5.41) is 2.73. The van der Waals surface area contributed by atoms with Crippen LogP contribution in [0.2, 0.25) is 0 Å². The van der Waals surface area contributed by atoms with E-state index in [4.69, 9.17) is 10.5 Å². The molecule has 1 aliphatic heterocycles. The molecule has 1 aromatic carbocycles. The summed E-state index contributed by atoms with van der Waals surface area (Å²) in [5.41, 5.74) is 6.85. The van der Waals surface area contributed by atoms with Gasteiger partial charge in [-0.2, -0.15) is 8.78 Å². The number of imidazole rings is 1. The monoisotopic (exact) mass is 352 g/mol. The molecule has 1 saturated heterocycles. The SMILES string of the molecule is CC(NC(=O)C(N)C1CCOCC1)c1nc2ccccc2n1C(F)F. The van der Waals surface area contributed by atoms with Gasteiger partial charge in [0.1, 0.15) is 5.82 Å². The Morgan fingerprint density at radius 1 is 1.36 bits per heavy atom. The average Bonchev–Trinajstić information content (AvgIpc) is 3.01. The second kappa shape index (κ2) is 7.45. The normalized spacial score (nSPS) is 18.4. The highest BCUT2D eigenvalue weighted by atomic mass is 19.3. The lowest BCUT2D eigenvalue weighted by Crippen LogP contribution is -2.48. The van der Waals surface area contributed by atoms with Crippen molar-refractivity contribution in [3.63, 3.8) is 0 Å². The van der Waals surface area contributed by atoms with E-state index in [1.165, 1.54) is 0 Å². The molecule has 1 amide bonds. The van der Waals surface area contributed by atoms with Crippen LogP contribution in [0.1, 0.15) is 38.2 Å². The van der Waals surface area contributed by atoms with Crippen molar-refractivity contribution >= 4 is 16.9 Å². The smallest absolute Gasteiger partial charge is 0.320 e. The summed E-state index contributed by atoms with van der Waals surface area (Å²) in [4.78, 5) is 16.7. The van der Waals surface area contributed by atoms with Crippen molar-refractivity contribution in [3.05, 3.63) is 30.1 Å². The van der Waals surface area contributed by atoms with Gasteiger partial charge in [0.15, 0.2) is 0 Å². The number of nitrogens with one attached hydrogen (secondary N) is 1. The van der Waals surface area contributed by atoms with E-state index in [1.54, 1.807) is 31.2 Å². The highest BCUT2D eigenvalue weighted by molar-refractivity contribution is 5.82. The molecule has 0 aliphatic carbocycles. The van der Waals surface area contributed by atoms with Gasteiger partial charge in [-0.15, -0.1) is 0 Å². The van der Waals surface area contributed by atoms with E-state index in [0.717, 1.165) is 17.4 Å². The first-order valence-electron chi connectivity index (χ1n) is 8.37. The number of nitrogens with zero attached hydrogens (tertiary/aromatic N) is 2. The maximum atomic E-state index is 13.5. The van der Waals surface area contributed by atoms with Crippen LogP contribution >= 0.6 is 0 Å². The number of hydrogen-bond donors (Lipinski definition) is 2. The molecule has 8 heteroatoms. The number of nitrogens with two attached hydrogens (primary N) is 1. The summed E-state index contributed by atoms with van der Waals surface area (Å²) >= 11 is 0. The molecule has 1 aromatic heterocycles. The minimum Gasteiger partial charge on any atom is -0.381 e. The molecule has 2 atom stereocenters. The van der Waals surface area contributed by atoms with Crippen molar-refractivity contribution in [2.24, 2.45) is 11.7 Å². The van der Waals surface area contributed by atoms with E-state index in [1.807, 2.05) is 0 Å². The van der Waals surface area contributed by atoms with Gasteiger partial charge < -0.3 is 15.8 Å². The zero-order valence-corrected chi connectivity index (χ0v) is 14.0. The quantitative estimate of drug-likeness (QED) is 0.865. The second-order valence-corrected chi connectivity index (χ2v) is 6.31. The Kier molecular flexibility index (Phi) is 5.29. The summed E-state index contributed by atoms with van der Waals surface area (Å²) in [6, 6.07) is 5.30. The number of alkyl halides is 2. The molecule has 2 aromatic rings. The van der Waals surface area contributed by atoms with Gasteiger partial charge >= 0.3 is 6.55 Å². The molecular formula is C17H22F2N4O2. The van der Waals surface area contributed by atoms with Crippen LogP contribution in [0.3, 0.4) is 0 Å². The van der Waals surface area contributed by atoms with Crippen LogP contribution in [0, 0.1) is 5.92 Å². The van der Waals surface area contributed by atoms with Gasteiger partial charge in [0, 0.05) is 13.2 Å². The fourth-order valence-electron chi connectivity index (χ4n) is 3.24. The highest BCUT2D eigenvalue weighted by Crippen LogP contribution is 2.27. The molecule has 3 N–H and O–H groups in total. The van der Waals surface area contributed by atoms with E-state index in [2.05, 4.69) is 10.3 Å². The van der Waals surface area contributed by atoms with Crippen molar-refractivity contribution < 1.29 is 18.3 Å². The Balaban J connectivity index is 1.78. The molecule has 1 aliphatic rings. The number of para-hydroxylation sites is 2. The number of fused-ring (bicyclic) bond motifs is 1. The molecule has 2 unspecified atom stereocenters. The van der Waals surface area contributed by atoms with Gasteiger partial charge in [-0.05, 0) is 37.8 Å². The standard InChI is InChI=1S/C17H22F2N4O2/c1-10(21-16(24)14(20)11-6-8-25-9-7-11)15-22-12-4-2-3-5-13(12)23(15)17(18)19/h2-5,10-11,14,17H,6-9,20H2,1H3,(H,21,24). The Bertz CT molecular complexity index is 743. The molecule has 25 heavy (non-hydrogen) atoms. The summed E-state index contributed by atoms with van der Waals surface area (Å²) in [6.07, 6.45) is 1.44. The molecular weight excluding hydrogens is 330 g/mol. The van der Waals surface area contributed by atoms with Crippen molar-refractivity contribution in [2.75, 3.05) is 13.2 Å². The number of amides is 1. The Morgan fingerprint density at radius 2 is 2.04 bits per heavy atom. The first-order chi connectivity index (χ1) is 12.0. The molecule has 136 valence electrons. The second-order valence-electron chi connectivity index (χ2n) is 6.31. The van der Waals surface area contributed by atoms with E-state index >= 15 is 0 Å². The van der Waals surface area contributed by atoms with Crippen molar-refractivity contribution in [1.82, 2.24) is 14.9 Å². The lowest BCUT2D eigenvalue weighted by Gasteiger charge is -2.27. The van der Waals surface area contributed by atoms with Crippen LogP contribution in [0.25, 0.3) is 11.0 Å². The zero-order chi connectivity index (χ0) is 18.0. The van der Waals surface area contributed by atoms with Crippen LogP contribution < -0.4 is 11.1 Å². The first-order valence-corrected chi connectivity index (χ1v) is 8.37. The summed E-state index contributed by atoms with van der Waals surface area (Å²) in [6.45, 7) is 0.0605. The Labute approximate surface area is 144 Å². The first kappa shape index (κ1) is 17.8. The fraction of sp³-hybridized carbons (Fsp3) is 0.529. The Hall–Kier alpha value is -2.06. The van der Waals surface area contributed by atoms with Crippen molar-refractivity contribution in [1.29, 1.82) is 0 Å². The van der Waals surface area contributed by atoms with Crippen LogP contribution in [-0.2, 0) is 9.53 Å². The van der Waals surface area contributed by atoms with Crippen LogP contribution in [0.15, 0.2) is 24.3 Å². The fourth-order valence-corrected chi connectivity index (χ4v) is 3.24. The van der Waals surface area contributed by atoms with Crippen molar-refractivity contribution in [3.8, 4) is 0 Å². The van der Waals surface area contributed by atoms with E-state index < -0.39 is 18.6 Å². The number of rotatable bonds is 5. The molecule has 2 heterocycles. The molecule has 0 spiro atoms. The number of ether oxygens (including phenoxy) is 1. The number of benzene rings is 1. The van der Waals surface area contributed by atoms with Gasteiger partial charge in [-0.3, -0.25) is 9.36 Å². The zero-order valence-electron chi connectivity index (χ0n) is 14.0. The third-order valence-corrected chi connectivity index (χ3v) is 4.64. The summed E-state index contributed by atoms with van der Waals surface area (Å²) < 4.78 is 33.1. The number of carbonyl (C=O) groups is 1. The van der Waals surface area contributed by atoms with E-state index in [-0.39, 0.29) is 17.6 Å². The molecule has 6 nitrogen and oxygen atoms in total. The molecule has 0 radical (unpaired) electrons. The van der Waals surface area contributed by atoms with E-state index in [0.29, 0.717) is 24.2 Å². The largest absolute Gasteiger partial charge is 0.381 e. The maximum absolute atomic E-state index is 13.5. The number of carbonyl (C=O) groups excluding carboxylic acids is 1. The highest BCUT2D eigenvalue weighted by Gasteiger charge is 2.29. The van der Waals surface area contributed by atoms with Gasteiger partial charge in [-0.1, -0.05) is 12.1 Å². The third-order valence-electron chi connectivity index (χ3n) is 4.64. The lowest BCUT2D eigenvalue weighted by atomic mass is 9.91. The van der Waals surface area contributed by atoms with Crippen LogP contribution in [0.4, 0.5) is 8.78 Å². The number of halogens is 2. The molecule has 3 rings (SSSR count). The predicted octanol–water partition coefficient (Wildman–Crippen LogP) is 2.36. The van der Waals surface area contributed by atoms with Gasteiger partial charge in [0.25, 0.3) is 0 Å². The van der Waals surface area contributed by atoms with Crippen molar-refractivity contribution in [2.45, 2.75) is 38.4 Å². The molecule has 0 saturated carbocycles. The van der Waals surface area contributed by atoms with E-state index in [9.17, 15) is 13.6 Å². The lowest BCUT2D eigenvalue weighted by molar-refractivity contribution is -0.125. The predicted molar refractivity (Wildman–Crippen MR) is 89.1 cm³/mol. The summed E-state index contributed by atoms with van der Waals surface area (Å²) in [7, 11) is 0. The average molecular weight is 352 g/mol. The topological polar surface area (TPSA) is 82.2 Å². The van der Waals surface area contributed by atoms with Gasteiger partial charge in [0.2, 0.25) is 5.91 Å². The van der Waals surface area contributed by atoms with Crippen LogP contribution in [0.5, 0.6) is 0 Å². The summed E-state index contributed by atoms with van der Waals surface area (Å²) in [5.74, 6) is -0.203. The van der Waals surface area contributed by atoms with Gasteiger partial charge in [0.05, 0.1) is 23.1 Å². The van der Waals surface area contributed by atoms with Crippen LogP contribution in [-0.4, -0.2) is 34.7 Å². The minimum atomic E-state index is -2.74. The number of hydrogen-bond acceptors (Lipinski definition) is 4. The minimum absolute atomic E-state index is 0.0369. The molecule has 1 fully saturated rings. The Morgan fingerprint density at radius 3 is 2.72 bits per heavy atom. The van der Waals surface area contributed by atoms with Gasteiger partial charge in [-0.25, -0.2) is 4.98 Å². The number of aromatic nitrogens is 2. The maximum Gasteiger partial charge on any atom is 0.320 e.